The van der Waals surface area contributed by atoms with Crippen LogP contribution in [0.25, 0.3) is 0 Å². The van der Waals surface area contributed by atoms with Crippen molar-refractivity contribution in [2.75, 3.05) is 26.2 Å². The molecule has 0 N–H and O–H groups in total. The van der Waals surface area contributed by atoms with Gasteiger partial charge in [0.2, 0.25) is 0 Å². The summed E-state index contributed by atoms with van der Waals surface area (Å²) < 4.78 is 1.35. The Balaban J connectivity index is 3.45. The van der Waals surface area contributed by atoms with E-state index in [0.717, 1.165) is 0 Å². The van der Waals surface area contributed by atoms with Gasteiger partial charge in [-0.05, 0) is 33.1 Å². The summed E-state index contributed by atoms with van der Waals surface area (Å²) in [6, 6.07) is 0. The van der Waals surface area contributed by atoms with Crippen molar-refractivity contribution < 1.29 is 4.48 Å². The molecular weight excluding hydrogens is 242 g/mol. The van der Waals surface area contributed by atoms with Crippen molar-refractivity contribution in [2.24, 2.45) is 0 Å². The minimum atomic E-state index is 1.32. The van der Waals surface area contributed by atoms with Gasteiger partial charge >= 0.3 is 0 Å². The third-order valence-electron chi connectivity index (χ3n) is 5.03. The second-order valence-electron chi connectivity index (χ2n) is 6.60. The quantitative estimate of drug-likeness (QED) is 0.249. The maximum Gasteiger partial charge on any atom is 0.0786 e. The highest BCUT2D eigenvalue weighted by Gasteiger charge is 2.20. The normalized spacial score (nSPS) is 12.0. The smallest absolute Gasteiger partial charge is 0.0786 e. The molecule has 1 heteroatoms. The molecule has 0 heterocycles. The summed E-state index contributed by atoms with van der Waals surface area (Å²) in [6.07, 6.45) is 15.8. The third kappa shape index (κ3) is 9.80. The molecule has 0 bridgehead atoms. The molecule has 0 unspecified atom stereocenters. The van der Waals surface area contributed by atoms with E-state index in [-0.39, 0.29) is 0 Å². The minimum absolute atomic E-state index is 1.32. The molecule has 0 amide bonds. The van der Waals surface area contributed by atoms with E-state index in [0.29, 0.717) is 0 Å². The van der Waals surface area contributed by atoms with Gasteiger partial charge in [-0.3, -0.25) is 0 Å². The number of hydrogen-bond acceptors (Lipinski definition) is 0. The van der Waals surface area contributed by atoms with E-state index in [9.17, 15) is 0 Å². The van der Waals surface area contributed by atoms with Crippen LogP contribution in [0, 0.1) is 0 Å². The summed E-state index contributed by atoms with van der Waals surface area (Å²) in [7, 11) is 0. The Morgan fingerprint density at radius 2 is 0.900 bits per heavy atom. The zero-order valence-corrected chi connectivity index (χ0v) is 15.1. The maximum absolute atomic E-state index is 2.37. The van der Waals surface area contributed by atoms with E-state index in [1.54, 1.807) is 0 Å². The molecule has 0 saturated carbocycles. The van der Waals surface area contributed by atoms with Crippen LogP contribution in [0.15, 0.2) is 0 Å². The Hall–Kier alpha value is -0.0400. The van der Waals surface area contributed by atoms with Crippen LogP contribution in [0.4, 0.5) is 0 Å². The molecule has 122 valence electrons. The van der Waals surface area contributed by atoms with Crippen molar-refractivity contribution in [3.05, 3.63) is 0 Å². The van der Waals surface area contributed by atoms with Gasteiger partial charge < -0.3 is 4.48 Å². The van der Waals surface area contributed by atoms with Crippen molar-refractivity contribution in [1.29, 1.82) is 0 Å². The van der Waals surface area contributed by atoms with E-state index in [1.165, 1.54) is 101 Å². The first-order chi connectivity index (χ1) is 9.74. The summed E-state index contributed by atoms with van der Waals surface area (Å²) in [5, 5.41) is 0. The van der Waals surface area contributed by atoms with Crippen molar-refractivity contribution in [2.45, 2.75) is 98.3 Å². The largest absolute Gasteiger partial charge is 0.324 e. The highest BCUT2D eigenvalue weighted by atomic mass is 15.3. The zero-order valence-electron chi connectivity index (χ0n) is 15.1. The summed E-state index contributed by atoms with van der Waals surface area (Å²) in [5.74, 6) is 0. The van der Waals surface area contributed by atoms with Crippen LogP contribution >= 0.6 is 0 Å². The van der Waals surface area contributed by atoms with Gasteiger partial charge in [0.15, 0.2) is 0 Å². The Kier molecular flexibility index (Phi) is 13.9. The molecule has 0 aliphatic carbocycles. The fourth-order valence-corrected chi connectivity index (χ4v) is 3.38. The highest BCUT2D eigenvalue weighted by molar-refractivity contribution is 4.49. The molecular formula is C19H42N+. The van der Waals surface area contributed by atoms with Gasteiger partial charge in [-0.15, -0.1) is 0 Å². The fraction of sp³-hybridized carbons (Fsp3) is 1.00. The zero-order chi connectivity index (χ0) is 15.1. The van der Waals surface area contributed by atoms with Crippen molar-refractivity contribution in [3.8, 4) is 0 Å². The SMILES string of the molecule is CCCCCCCCCCCC[N+](CC)(CC)CCC. The molecule has 0 aromatic carbocycles. The first-order valence-electron chi connectivity index (χ1n) is 9.59. The van der Waals surface area contributed by atoms with Crippen LogP contribution in [0.5, 0.6) is 0 Å². The molecule has 0 fully saturated rings. The Labute approximate surface area is 129 Å². The molecule has 1 nitrogen and oxygen atoms in total. The molecule has 0 radical (unpaired) electrons. The van der Waals surface area contributed by atoms with E-state index in [4.69, 9.17) is 0 Å². The Morgan fingerprint density at radius 1 is 0.450 bits per heavy atom. The standard InChI is InChI=1S/C19H42N/c1-5-9-10-11-12-13-14-15-16-17-19-20(7-3,8-4)18-6-2/h5-19H2,1-4H3/q+1. The van der Waals surface area contributed by atoms with Crippen LogP contribution in [0.2, 0.25) is 0 Å². The first-order valence-corrected chi connectivity index (χ1v) is 9.59. The number of rotatable bonds is 15. The van der Waals surface area contributed by atoms with Crippen LogP contribution in [0.3, 0.4) is 0 Å². The molecule has 0 aromatic heterocycles. The summed E-state index contributed by atoms with van der Waals surface area (Å²) in [4.78, 5) is 0. The van der Waals surface area contributed by atoms with Gasteiger partial charge in [0, 0.05) is 0 Å². The molecule has 0 saturated heterocycles. The molecule has 20 heavy (non-hydrogen) atoms. The summed E-state index contributed by atoms with van der Waals surface area (Å²) >= 11 is 0. The number of quaternary nitrogens is 1. The van der Waals surface area contributed by atoms with Gasteiger partial charge in [0.25, 0.3) is 0 Å². The Bertz CT molecular complexity index is 184. The molecule has 0 aliphatic heterocycles. The first kappa shape index (κ1) is 20.0. The van der Waals surface area contributed by atoms with Crippen LogP contribution in [-0.2, 0) is 0 Å². The summed E-state index contributed by atoms with van der Waals surface area (Å²) in [5.41, 5.74) is 0. The van der Waals surface area contributed by atoms with Gasteiger partial charge in [0.05, 0.1) is 26.2 Å². The van der Waals surface area contributed by atoms with Gasteiger partial charge in [-0.1, -0.05) is 65.2 Å². The second kappa shape index (κ2) is 13.9. The van der Waals surface area contributed by atoms with Crippen LogP contribution in [-0.4, -0.2) is 30.7 Å². The molecule has 0 atom stereocenters. The molecule has 0 aliphatic rings. The van der Waals surface area contributed by atoms with Crippen molar-refractivity contribution in [1.82, 2.24) is 0 Å². The fourth-order valence-electron chi connectivity index (χ4n) is 3.38. The monoisotopic (exact) mass is 284 g/mol. The average Bonchev–Trinajstić information content (AvgIpc) is 2.48. The number of nitrogens with zero attached hydrogens (tertiary/aromatic N) is 1. The second-order valence-corrected chi connectivity index (χ2v) is 6.60. The molecule has 0 rings (SSSR count). The highest BCUT2D eigenvalue weighted by Crippen LogP contribution is 2.14. The lowest BCUT2D eigenvalue weighted by atomic mass is 10.1. The predicted molar refractivity (Wildman–Crippen MR) is 93.2 cm³/mol. The molecule has 0 aromatic rings. The topological polar surface area (TPSA) is 0 Å². The lowest BCUT2D eigenvalue weighted by molar-refractivity contribution is -0.925. The predicted octanol–water partition coefficient (Wildman–Crippen LogP) is 6.17. The van der Waals surface area contributed by atoms with Crippen LogP contribution in [0.1, 0.15) is 98.3 Å². The number of hydrogen-bond donors (Lipinski definition) is 0. The number of unbranched alkanes of at least 4 members (excludes halogenated alkanes) is 9. The maximum atomic E-state index is 2.37. The van der Waals surface area contributed by atoms with Crippen molar-refractivity contribution in [3.63, 3.8) is 0 Å². The van der Waals surface area contributed by atoms with Gasteiger partial charge in [-0.25, -0.2) is 0 Å². The van der Waals surface area contributed by atoms with Crippen LogP contribution < -0.4 is 0 Å². The lowest BCUT2D eigenvalue weighted by Crippen LogP contribution is -2.48. The molecule has 0 spiro atoms. The van der Waals surface area contributed by atoms with E-state index < -0.39 is 0 Å². The third-order valence-corrected chi connectivity index (χ3v) is 5.03. The Morgan fingerprint density at radius 3 is 1.30 bits per heavy atom. The van der Waals surface area contributed by atoms with E-state index in [2.05, 4.69) is 27.7 Å². The van der Waals surface area contributed by atoms with Gasteiger partial charge in [0.1, 0.15) is 0 Å². The summed E-state index contributed by atoms with van der Waals surface area (Å²) in [6.45, 7) is 14.8. The van der Waals surface area contributed by atoms with Gasteiger partial charge in [-0.2, -0.15) is 0 Å². The lowest BCUT2D eigenvalue weighted by Gasteiger charge is -2.36. The average molecular weight is 285 g/mol. The van der Waals surface area contributed by atoms with E-state index >= 15 is 0 Å². The minimum Gasteiger partial charge on any atom is -0.324 e. The van der Waals surface area contributed by atoms with Crippen molar-refractivity contribution >= 4 is 0 Å². The van der Waals surface area contributed by atoms with E-state index in [1.807, 2.05) is 0 Å².